The van der Waals surface area contributed by atoms with Crippen LogP contribution in [0.1, 0.15) is 17.5 Å². The van der Waals surface area contributed by atoms with Crippen LogP contribution < -0.4 is 0 Å². The Morgan fingerprint density at radius 1 is 0.741 bits per heavy atom. The summed E-state index contributed by atoms with van der Waals surface area (Å²) in [5, 5.41) is 2.58. The summed E-state index contributed by atoms with van der Waals surface area (Å²) in [6, 6.07) is 25.5. The van der Waals surface area contributed by atoms with Crippen LogP contribution in [0.2, 0.25) is 0 Å². The minimum absolute atomic E-state index is 0.282. The number of carbonyl (C=O) groups excluding carboxylic acids is 1. The van der Waals surface area contributed by atoms with E-state index >= 15 is 0 Å². The zero-order valence-electron chi connectivity index (χ0n) is 15.7. The number of nitrogens with zero attached hydrogens (tertiary/aromatic N) is 2. The summed E-state index contributed by atoms with van der Waals surface area (Å²) < 4.78 is 0. The second-order valence-electron chi connectivity index (χ2n) is 7.32. The molecule has 1 aliphatic heterocycles. The van der Waals surface area contributed by atoms with Crippen molar-refractivity contribution >= 4 is 16.7 Å². The Bertz CT molecular complexity index is 898. The van der Waals surface area contributed by atoms with E-state index in [1.165, 1.54) is 21.9 Å². The lowest BCUT2D eigenvalue weighted by atomic mass is 10.1. The van der Waals surface area contributed by atoms with E-state index in [0.29, 0.717) is 6.42 Å². The van der Waals surface area contributed by atoms with E-state index in [4.69, 9.17) is 0 Å². The van der Waals surface area contributed by atoms with Crippen molar-refractivity contribution in [1.29, 1.82) is 0 Å². The van der Waals surface area contributed by atoms with Crippen LogP contribution in [0.25, 0.3) is 10.8 Å². The fourth-order valence-corrected chi connectivity index (χ4v) is 3.80. The van der Waals surface area contributed by atoms with Gasteiger partial charge in [0.2, 0.25) is 5.91 Å². The Labute approximate surface area is 161 Å². The van der Waals surface area contributed by atoms with Gasteiger partial charge in [-0.3, -0.25) is 9.69 Å². The minimum Gasteiger partial charge on any atom is -0.340 e. The molecule has 0 radical (unpaired) electrons. The highest BCUT2D eigenvalue weighted by molar-refractivity contribution is 5.83. The number of piperazine rings is 1. The maximum absolute atomic E-state index is 12.5. The molecule has 27 heavy (non-hydrogen) atoms. The molecule has 3 heteroatoms. The van der Waals surface area contributed by atoms with Crippen molar-refractivity contribution < 1.29 is 4.79 Å². The number of rotatable bonds is 5. The van der Waals surface area contributed by atoms with Gasteiger partial charge in [-0.15, -0.1) is 0 Å². The van der Waals surface area contributed by atoms with E-state index in [2.05, 4.69) is 59.5 Å². The maximum atomic E-state index is 12.5. The van der Waals surface area contributed by atoms with Crippen LogP contribution in [0.5, 0.6) is 0 Å². The fraction of sp³-hybridized carbons (Fsp3) is 0.292. The highest BCUT2D eigenvalue weighted by atomic mass is 16.2. The van der Waals surface area contributed by atoms with Crippen LogP contribution in [0.3, 0.4) is 0 Å². The third-order valence-electron chi connectivity index (χ3n) is 5.42. The van der Waals surface area contributed by atoms with Crippen LogP contribution in [0.15, 0.2) is 72.8 Å². The number of fused-ring (bicyclic) bond motifs is 1. The van der Waals surface area contributed by atoms with Gasteiger partial charge in [-0.1, -0.05) is 66.7 Å². The Morgan fingerprint density at radius 2 is 1.44 bits per heavy atom. The molecule has 1 heterocycles. The normalized spacial score (nSPS) is 15.2. The van der Waals surface area contributed by atoms with E-state index in [1.807, 2.05) is 23.1 Å². The summed E-state index contributed by atoms with van der Waals surface area (Å²) in [4.78, 5) is 17.0. The second kappa shape index (κ2) is 8.36. The number of hydrogen-bond acceptors (Lipinski definition) is 2. The number of amides is 1. The zero-order valence-corrected chi connectivity index (χ0v) is 15.7. The van der Waals surface area contributed by atoms with Crippen LogP contribution >= 0.6 is 0 Å². The molecule has 3 aromatic carbocycles. The van der Waals surface area contributed by atoms with Gasteiger partial charge >= 0.3 is 0 Å². The number of aryl methyl sites for hydroxylation is 1. The van der Waals surface area contributed by atoms with E-state index in [1.54, 1.807) is 0 Å². The van der Waals surface area contributed by atoms with Gasteiger partial charge in [0.05, 0.1) is 0 Å². The standard InChI is InChI=1S/C24H26N2O/c27-24(13-11-20-6-2-1-3-7-20)26-16-14-25(15-17-26)19-21-10-12-22-8-4-5-9-23(22)18-21/h1-10,12,18H,11,13-17,19H2. The third kappa shape index (κ3) is 4.55. The van der Waals surface area contributed by atoms with Gasteiger partial charge in [-0.2, -0.15) is 0 Å². The lowest BCUT2D eigenvalue weighted by molar-refractivity contribution is -0.133. The Kier molecular flexibility index (Phi) is 5.50. The van der Waals surface area contributed by atoms with Crippen molar-refractivity contribution in [2.45, 2.75) is 19.4 Å². The largest absolute Gasteiger partial charge is 0.340 e. The Balaban J connectivity index is 1.27. The first-order valence-electron chi connectivity index (χ1n) is 9.80. The van der Waals surface area contributed by atoms with Crippen LogP contribution in [0.4, 0.5) is 0 Å². The molecular weight excluding hydrogens is 332 g/mol. The lowest BCUT2D eigenvalue weighted by Crippen LogP contribution is -2.48. The van der Waals surface area contributed by atoms with E-state index in [9.17, 15) is 4.79 Å². The lowest BCUT2D eigenvalue weighted by Gasteiger charge is -2.35. The van der Waals surface area contributed by atoms with E-state index in [-0.39, 0.29) is 5.91 Å². The summed E-state index contributed by atoms with van der Waals surface area (Å²) in [6.45, 7) is 4.52. The van der Waals surface area contributed by atoms with Crippen LogP contribution in [-0.2, 0) is 17.8 Å². The van der Waals surface area contributed by atoms with Crippen molar-refractivity contribution in [1.82, 2.24) is 9.80 Å². The van der Waals surface area contributed by atoms with Gasteiger partial charge in [0.1, 0.15) is 0 Å². The number of hydrogen-bond donors (Lipinski definition) is 0. The van der Waals surface area contributed by atoms with Gasteiger partial charge in [-0.05, 0) is 34.4 Å². The first kappa shape index (κ1) is 17.7. The second-order valence-corrected chi connectivity index (χ2v) is 7.32. The number of benzene rings is 3. The van der Waals surface area contributed by atoms with Crippen LogP contribution in [-0.4, -0.2) is 41.9 Å². The highest BCUT2D eigenvalue weighted by Gasteiger charge is 2.20. The maximum Gasteiger partial charge on any atom is 0.222 e. The molecule has 3 aromatic rings. The predicted octanol–water partition coefficient (Wildman–Crippen LogP) is 4.12. The molecule has 1 saturated heterocycles. The summed E-state index contributed by atoms with van der Waals surface area (Å²) >= 11 is 0. The molecule has 138 valence electrons. The summed E-state index contributed by atoms with van der Waals surface area (Å²) in [7, 11) is 0. The molecule has 0 N–H and O–H groups in total. The zero-order chi connectivity index (χ0) is 18.5. The molecule has 0 unspecified atom stereocenters. The monoisotopic (exact) mass is 358 g/mol. The SMILES string of the molecule is O=C(CCc1ccccc1)N1CCN(Cc2ccc3ccccc3c2)CC1. The molecule has 3 nitrogen and oxygen atoms in total. The molecule has 0 spiro atoms. The van der Waals surface area contributed by atoms with Crippen molar-refractivity contribution in [2.75, 3.05) is 26.2 Å². The fourth-order valence-electron chi connectivity index (χ4n) is 3.80. The average molecular weight is 358 g/mol. The average Bonchev–Trinajstić information content (AvgIpc) is 2.73. The van der Waals surface area contributed by atoms with Crippen molar-refractivity contribution in [2.24, 2.45) is 0 Å². The van der Waals surface area contributed by atoms with E-state index in [0.717, 1.165) is 39.1 Å². The molecule has 0 saturated carbocycles. The molecule has 1 amide bonds. The van der Waals surface area contributed by atoms with Gasteiger partial charge in [0.15, 0.2) is 0 Å². The smallest absolute Gasteiger partial charge is 0.222 e. The highest BCUT2D eigenvalue weighted by Crippen LogP contribution is 2.17. The van der Waals surface area contributed by atoms with Crippen molar-refractivity contribution in [3.05, 3.63) is 83.9 Å². The quantitative estimate of drug-likeness (QED) is 0.685. The molecule has 0 atom stereocenters. The summed E-state index contributed by atoms with van der Waals surface area (Å²) in [5.74, 6) is 0.282. The molecule has 1 aliphatic rings. The molecule has 4 rings (SSSR count). The predicted molar refractivity (Wildman–Crippen MR) is 111 cm³/mol. The number of carbonyl (C=O) groups is 1. The Hall–Kier alpha value is -2.65. The molecule has 1 fully saturated rings. The summed E-state index contributed by atoms with van der Waals surface area (Å²) in [6.07, 6.45) is 1.44. The molecule has 0 bridgehead atoms. The third-order valence-corrected chi connectivity index (χ3v) is 5.42. The van der Waals surface area contributed by atoms with Crippen molar-refractivity contribution in [3.63, 3.8) is 0 Å². The van der Waals surface area contributed by atoms with Gasteiger partial charge in [0.25, 0.3) is 0 Å². The molecule has 0 aromatic heterocycles. The van der Waals surface area contributed by atoms with Gasteiger partial charge < -0.3 is 4.90 Å². The first-order valence-corrected chi connectivity index (χ1v) is 9.80. The Morgan fingerprint density at radius 3 is 2.22 bits per heavy atom. The van der Waals surface area contributed by atoms with Gasteiger partial charge in [-0.25, -0.2) is 0 Å². The topological polar surface area (TPSA) is 23.6 Å². The first-order chi connectivity index (χ1) is 13.3. The molecular formula is C24H26N2O. The minimum atomic E-state index is 0.282. The van der Waals surface area contributed by atoms with Crippen molar-refractivity contribution in [3.8, 4) is 0 Å². The molecule has 0 aliphatic carbocycles. The summed E-state index contributed by atoms with van der Waals surface area (Å²) in [5.41, 5.74) is 2.58. The van der Waals surface area contributed by atoms with Crippen LogP contribution in [0, 0.1) is 0 Å². The van der Waals surface area contributed by atoms with Gasteiger partial charge in [0, 0.05) is 39.1 Å². The van der Waals surface area contributed by atoms with E-state index < -0.39 is 0 Å².